The van der Waals surface area contributed by atoms with Crippen LogP contribution in [0.2, 0.25) is 0 Å². The van der Waals surface area contributed by atoms with Crippen molar-refractivity contribution in [3.8, 4) is 0 Å². The summed E-state index contributed by atoms with van der Waals surface area (Å²) >= 11 is 18.4. The summed E-state index contributed by atoms with van der Waals surface area (Å²) in [7, 11) is 4.34. The summed E-state index contributed by atoms with van der Waals surface area (Å²) in [6.07, 6.45) is 0. The van der Waals surface area contributed by atoms with Crippen molar-refractivity contribution in [3.05, 3.63) is 62.9 Å². The number of thiophene rings is 3. The summed E-state index contributed by atoms with van der Waals surface area (Å²) in [5.74, 6) is 0. The Morgan fingerprint density at radius 2 is 1.61 bits per heavy atom. The minimum atomic E-state index is 1.17. The Kier molecular flexibility index (Phi) is 15.5. The van der Waals surface area contributed by atoms with Crippen LogP contribution in [0.3, 0.4) is 0 Å². The van der Waals surface area contributed by atoms with Gasteiger partial charge < -0.3 is 0 Å². The molecule has 0 saturated heterocycles. The maximum atomic E-state index is 4.34. The molecule has 9 heteroatoms. The Morgan fingerprint density at radius 3 is 1.74 bits per heavy atom. The van der Waals surface area contributed by atoms with Gasteiger partial charge in [0.25, 0.3) is 0 Å². The first-order chi connectivity index (χ1) is 10.9. The Bertz CT molecular complexity index is 587. The first-order valence-corrected chi connectivity index (χ1v) is 11.5. The molecule has 0 aromatic carbocycles. The van der Waals surface area contributed by atoms with E-state index >= 15 is 0 Å². The Labute approximate surface area is 181 Å². The zero-order valence-corrected chi connectivity index (χ0v) is 20.5. The SMILES string of the molecule is Brc1ccsc1.Cc1cc(Br)sc1Br.Cc1ccsc1.[B]=NS. The van der Waals surface area contributed by atoms with Crippen LogP contribution in [0.4, 0.5) is 0 Å². The average Bonchev–Trinajstić information content (AvgIpc) is 3.19. The topological polar surface area (TPSA) is 12.4 Å². The van der Waals surface area contributed by atoms with E-state index in [4.69, 9.17) is 0 Å². The second-order valence-electron chi connectivity index (χ2n) is 3.86. The molecule has 123 valence electrons. The van der Waals surface area contributed by atoms with E-state index in [0.29, 0.717) is 0 Å². The van der Waals surface area contributed by atoms with Gasteiger partial charge in [0.1, 0.15) is 0 Å². The zero-order chi connectivity index (χ0) is 17.7. The van der Waals surface area contributed by atoms with Crippen molar-refractivity contribution >= 4 is 102 Å². The molecule has 0 aliphatic carbocycles. The van der Waals surface area contributed by atoms with Crippen molar-refractivity contribution in [2.45, 2.75) is 13.8 Å². The van der Waals surface area contributed by atoms with Crippen LogP contribution < -0.4 is 0 Å². The summed E-state index contributed by atoms with van der Waals surface area (Å²) in [6, 6.07) is 6.21. The van der Waals surface area contributed by atoms with Crippen molar-refractivity contribution in [2.75, 3.05) is 0 Å². The summed E-state index contributed by atoms with van der Waals surface area (Å²) in [5, 5.41) is 8.28. The van der Waals surface area contributed by atoms with Gasteiger partial charge in [0, 0.05) is 9.85 Å². The average molecular weight is 575 g/mol. The summed E-state index contributed by atoms with van der Waals surface area (Å²) in [6.45, 7) is 4.17. The standard InChI is InChI=1S/C5H4Br2S.C5H6S.C4H3BrS.BHNS/c1-3-2-4(6)8-5(3)7;1-5-2-3-6-4-5;5-4-1-2-6-3-4;1-2-3/h2H,1H3;2-4H,1H3;1-3H;3H. The van der Waals surface area contributed by atoms with Crippen LogP contribution in [0.5, 0.6) is 0 Å². The Morgan fingerprint density at radius 1 is 1.04 bits per heavy atom. The molecule has 0 aliphatic rings. The van der Waals surface area contributed by atoms with Crippen LogP contribution in [0.15, 0.2) is 56.1 Å². The van der Waals surface area contributed by atoms with Gasteiger partial charge in [-0.3, -0.25) is 0 Å². The molecule has 3 aromatic rings. The minimum absolute atomic E-state index is 1.17. The molecule has 0 unspecified atom stereocenters. The third-order valence-corrected chi connectivity index (χ3v) is 6.90. The molecular weight excluding hydrogens is 561 g/mol. The van der Waals surface area contributed by atoms with Gasteiger partial charge in [-0.05, 0) is 107 Å². The second-order valence-corrected chi connectivity index (χ2v) is 10.3. The Hall–Kier alpha value is 0.755. The third-order valence-electron chi connectivity index (χ3n) is 1.98. The molecule has 0 saturated carbocycles. The second kappa shape index (κ2) is 15.0. The van der Waals surface area contributed by atoms with E-state index in [9.17, 15) is 0 Å². The number of aryl methyl sites for hydroxylation is 2. The third kappa shape index (κ3) is 13.7. The molecule has 3 heterocycles. The van der Waals surface area contributed by atoms with Gasteiger partial charge in [0.2, 0.25) is 0 Å². The first kappa shape index (κ1) is 23.8. The number of rotatable bonds is 0. The maximum absolute atomic E-state index is 4.34. The van der Waals surface area contributed by atoms with Crippen molar-refractivity contribution in [1.82, 2.24) is 0 Å². The molecule has 1 radical (unpaired) electrons. The Balaban J connectivity index is 0.000000295. The molecule has 1 nitrogen and oxygen atoms in total. The van der Waals surface area contributed by atoms with Crippen molar-refractivity contribution in [3.63, 3.8) is 0 Å². The molecule has 0 fully saturated rings. The molecule has 3 rings (SSSR count). The predicted octanol–water partition coefficient (Wildman–Crippen LogP) is 8.33. The monoisotopic (exact) mass is 572 g/mol. The molecule has 3 aromatic heterocycles. The summed E-state index contributed by atoms with van der Waals surface area (Å²) in [5.41, 5.74) is 2.65. The quantitative estimate of drug-likeness (QED) is 0.205. The summed E-state index contributed by atoms with van der Waals surface area (Å²) in [4.78, 5) is 0. The van der Waals surface area contributed by atoms with E-state index < -0.39 is 0 Å². The number of thiol groups is 1. The van der Waals surface area contributed by atoms with E-state index in [1.165, 1.54) is 23.2 Å². The van der Waals surface area contributed by atoms with Crippen LogP contribution in [0.1, 0.15) is 11.1 Å². The predicted molar refractivity (Wildman–Crippen MR) is 123 cm³/mol. The van der Waals surface area contributed by atoms with Crippen molar-refractivity contribution < 1.29 is 0 Å². The van der Waals surface area contributed by atoms with E-state index in [0.717, 1.165) is 0 Å². The van der Waals surface area contributed by atoms with Gasteiger partial charge in [0.15, 0.2) is 0 Å². The molecule has 0 amide bonds. The molecular formula is C14H14BBr3NS4. The molecule has 0 atom stereocenters. The summed E-state index contributed by atoms with van der Waals surface area (Å²) < 4.78 is 6.26. The fraction of sp³-hybridized carbons (Fsp3) is 0.143. The molecule has 0 aliphatic heterocycles. The number of nitrogens with zero attached hydrogens (tertiary/aromatic N) is 1. The van der Waals surface area contributed by atoms with Crippen molar-refractivity contribution in [1.29, 1.82) is 0 Å². The normalized spacial score (nSPS) is 8.57. The van der Waals surface area contributed by atoms with Gasteiger partial charge in [0.05, 0.1) is 7.57 Å². The zero-order valence-electron chi connectivity index (χ0n) is 12.4. The van der Waals surface area contributed by atoms with E-state index in [1.54, 1.807) is 34.0 Å². The number of hydrogen-bond donors (Lipinski definition) is 1. The van der Waals surface area contributed by atoms with Gasteiger partial charge in [-0.1, -0.05) is 0 Å². The fourth-order valence-corrected chi connectivity index (χ4v) is 5.56. The van der Waals surface area contributed by atoms with Crippen LogP contribution in [-0.2, 0) is 0 Å². The van der Waals surface area contributed by atoms with Crippen LogP contribution in [0.25, 0.3) is 0 Å². The number of hydrogen-bond acceptors (Lipinski definition) is 5. The van der Waals surface area contributed by atoms with E-state index in [2.05, 4.69) is 109 Å². The van der Waals surface area contributed by atoms with Gasteiger partial charge in [-0.25, -0.2) is 0 Å². The van der Waals surface area contributed by atoms with Gasteiger partial charge in [-0.2, -0.15) is 22.7 Å². The van der Waals surface area contributed by atoms with Crippen molar-refractivity contribution in [2.24, 2.45) is 4.30 Å². The van der Waals surface area contributed by atoms with Crippen LogP contribution >= 0.6 is 94.6 Å². The van der Waals surface area contributed by atoms with Gasteiger partial charge in [-0.15, -0.1) is 11.3 Å². The van der Waals surface area contributed by atoms with E-state index in [-0.39, 0.29) is 0 Å². The number of halogens is 3. The molecule has 0 bridgehead atoms. The fourth-order valence-electron chi connectivity index (χ4n) is 1.00. The molecule has 0 spiro atoms. The molecule has 0 N–H and O–H groups in total. The van der Waals surface area contributed by atoms with Crippen LogP contribution in [-0.4, -0.2) is 7.64 Å². The van der Waals surface area contributed by atoms with Crippen LogP contribution in [0, 0.1) is 13.8 Å². The van der Waals surface area contributed by atoms with E-state index in [1.807, 2.05) is 16.8 Å². The first-order valence-electron chi connectivity index (χ1n) is 6.02. The molecule has 23 heavy (non-hydrogen) atoms. The van der Waals surface area contributed by atoms with Gasteiger partial charge >= 0.3 is 24.8 Å².